The number of nitrogens with zero attached hydrogens (tertiary/aromatic N) is 1. The summed E-state index contributed by atoms with van der Waals surface area (Å²) in [7, 11) is 0. The molecular formula is C24H26N4O2. The maximum Gasteiger partial charge on any atom is 0.256 e. The molecule has 6 nitrogen and oxygen atoms in total. The molecule has 2 amide bonds. The number of likely N-dealkylation sites (tertiary alicyclic amines) is 1. The van der Waals surface area contributed by atoms with Crippen molar-refractivity contribution in [3.63, 3.8) is 0 Å². The van der Waals surface area contributed by atoms with Crippen LogP contribution in [0.25, 0.3) is 11.6 Å². The number of benzene rings is 1. The lowest BCUT2D eigenvalue weighted by Crippen LogP contribution is -2.22. The van der Waals surface area contributed by atoms with Crippen molar-refractivity contribution in [3.8, 4) is 0 Å². The fraction of sp³-hybridized carbons (Fsp3) is 0.417. The van der Waals surface area contributed by atoms with E-state index in [-0.39, 0.29) is 17.7 Å². The molecule has 6 heteroatoms. The SMILES string of the molecule is O=C1Nc2ccc(CC3CCNC3=O)cc2C1=Cc1c[nH]c(CN2C[C@H]3C[C@H]3C2)c1. The number of piperidine rings is 1. The molecule has 6 rings (SSSR count). The molecule has 3 atom stereocenters. The van der Waals surface area contributed by atoms with Gasteiger partial charge >= 0.3 is 0 Å². The summed E-state index contributed by atoms with van der Waals surface area (Å²) < 4.78 is 0. The van der Waals surface area contributed by atoms with E-state index in [0.29, 0.717) is 12.0 Å². The summed E-state index contributed by atoms with van der Waals surface area (Å²) >= 11 is 0. The summed E-state index contributed by atoms with van der Waals surface area (Å²) in [5, 5.41) is 5.87. The van der Waals surface area contributed by atoms with E-state index in [1.165, 1.54) is 25.2 Å². The minimum absolute atomic E-state index is 0.0319. The maximum absolute atomic E-state index is 12.6. The number of aromatic nitrogens is 1. The quantitative estimate of drug-likeness (QED) is 0.673. The molecule has 30 heavy (non-hydrogen) atoms. The second kappa shape index (κ2) is 6.84. The smallest absolute Gasteiger partial charge is 0.256 e. The molecule has 1 unspecified atom stereocenters. The van der Waals surface area contributed by atoms with Crippen LogP contribution in [0.15, 0.2) is 30.5 Å². The van der Waals surface area contributed by atoms with E-state index in [9.17, 15) is 9.59 Å². The van der Waals surface area contributed by atoms with Crippen LogP contribution in [0.3, 0.4) is 0 Å². The molecular weight excluding hydrogens is 376 g/mol. The number of fused-ring (bicyclic) bond motifs is 2. The minimum atomic E-state index is -0.0665. The number of hydrogen-bond acceptors (Lipinski definition) is 3. The van der Waals surface area contributed by atoms with Gasteiger partial charge < -0.3 is 15.6 Å². The molecule has 1 aliphatic carbocycles. The Hall–Kier alpha value is -2.86. The van der Waals surface area contributed by atoms with Crippen molar-refractivity contribution in [2.45, 2.75) is 25.8 Å². The number of aromatic amines is 1. The topological polar surface area (TPSA) is 77.2 Å². The Balaban J connectivity index is 1.21. The zero-order valence-corrected chi connectivity index (χ0v) is 16.9. The summed E-state index contributed by atoms with van der Waals surface area (Å²) in [6.07, 6.45) is 6.96. The molecule has 3 N–H and O–H groups in total. The number of carbonyl (C=O) groups excluding carboxylic acids is 2. The van der Waals surface area contributed by atoms with Crippen molar-refractivity contribution >= 4 is 29.2 Å². The van der Waals surface area contributed by atoms with Gasteiger partial charge in [0.2, 0.25) is 5.91 Å². The predicted molar refractivity (Wildman–Crippen MR) is 115 cm³/mol. The molecule has 0 radical (unpaired) electrons. The van der Waals surface area contributed by atoms with E-state index in [1.54, 1.807) is 0 Å². The maximum atomic E-state index is 12.6. The van der Waals surface area contributed by atoms with Crippen LogP contribution in [0.4, 0.5) is 5.69 Å². The number of hydrogen-bond donors (Lipinski definition) is 3. The highest BCUT2D eigenvalue weighted by molar-refractivity contribution is 6.34. The van der Waals surface area contributed by atoms with E-state index >= 15 is 0 Å². The van der Waals surface area contributed by atoms with Crippen LogP contribution < -0.4 is 10.6 Å². The van der Waals surface area contributed by atoms with Gasteiger partial charge in [0.05, 0.1) is 0 Å². The molecule has 1 aromatic carbocycles. The van der Waals surface area contributed by atoms with Crippen LogP contribution in [0.2, 0.25) is 0 Å². The summed E-state index contributed by atoms with van der Waals surface area (Å²) in [5.74, 6) is 1.97. The van der Waals surface area contributed by atoms with Crippen molar-refractivity contribution < 1.29 is 9.59 Å². The molecule has 4 aliphatic rings. The fourth-order valence-electron chi connectivity index (χ4n) is 5.30. The van der Waals surface area contributed by atoms with Crippen LogP contribution in [-0.4, -0.2) is 41.3 Å². The zero-order valence-electron chi connectivity index (χ0n) is 16.9. The van der Waals surface area contributed by atoms with Crippen molar-refractivity contribution in [3.05, 3.63) is 52.8 Å². The molecule has 4 heterocycles. The minimum Gasteiger partial charge on any atom is -0.363 e. The molecule has 1 saturated carbocycles. The highest BCUT2D eigenvalue weighted by Gasteiger charge is 2.44. The first kappa shape index (κ1) is 18.0. The van der Waals surface area contributed by atoms with Gasteiger partial charge in [0.1, 0.15) is 0 Å². The standard InChI is InChI=1S/C24H26N4O2/c29-23-16(3-4-25-23)5-14-1-2-22-20(7-14)21(24(30)27-22)8-15-6-19(26-10-15)13-28-11-17-9-18(17)12-28/h1-2,6-8,10,16-18,26H,3-5,9,11-13H2,(H,25,29)(H,27,30)/t16?,17-,18+. The molecule has 2 saturated heterocycles. The Bertz CT molecular complexity index is 1060. The van der Waals surface area contributed by atoms with Gasteiger partial charge in [-0.1, -0.05) is 6.07 Å². The van der Waals surface area contributed by atoms with E-state index in [4.69, 9.17) is 0 Å². The average Bonchev–Trinajstić information content (AvgIpc) is 3.13. The Morgan fingerprint density at radius 2 is 2.00 bits per heavy atom. The van der Waals surface area contributed by atoms with Gasteiger partial charge in [-0.05, 0) is 66.5 Å². The van der Waals surface area contributed by atoms with Crippen molar-refractivity contribution in [2.75, 3.05) is 25.0 Å². The zero-order chi connectivity index (χ0) is 20.2. The lowest BCUT2D eigenvalue weighted by Gasteiger charge is -2.15. The summed E-state index contributed by atoms with van der Waals surface area (Å²) in [5.41, 5.74) is 5.78. The van der Waals surface area contributed by atoms with Gasteiger partial charge in [0, 0.05) is 60.8 Å². The molecule has 3 aliphatic heterocycles. The lowest BCUT2D eigenvalue weighted by molar-refractivity contribution is -0.122. The van der Waals surface area contributed by atoms with Gasteiger partial charge in [0.25, 0.3) is 5.91 Å². The van der Waals surface area contributed by atoms with Gasteiger partial charge in [-0.15, -0.1) is 0 Å². The number of H-pyrrole nitrogens is 1. The Morgan fingerprint density at radius 1 is 1.13 bits per heavy atom. The molecule has 3 fully saturated rings. The van der Waals surface area contributed by atoms with Gasteiger partial charge in [-0.2, -0.15) is 0 Å². The Kier molecular flexibility index (Phi) is 4.09. The predicted octanol–water partition coefficient (Wildman–Crippen LogP) is 2.64. The third-order valence-corrected chi connectivity index (χ3v) is 7.04. The first-order valence-electron chi connectivity index (χ1n) is 11.0. The van der Waals surface area contributed by atoms with Crippen molar-refractivity contribution in [1.29, 1.82) is 0 Å². The second-order valence-electron chi connectivity index (χ2n) is 9.28. The third-order valence-electron chi connectivity index (χ3n) is 7.04. The molecule has 1 aromatic heterocycles. The van der Waals surface area contributed by atoms with Crippen molar-refractivity contribution in [2.24, 2.45) is 17.8 Å². The highest BCUT2D eigenvalue weighted by atomic mass is 16.2. The van der Waals surface area contributed by atoms with Crippen LogP contribution >= 0.6 is 0 Å². The first-order valence-corrected chi connectivity index (χ1v) is 11.0. The number of anilines is 1. The molecule has 154 valence electrons. The Labute approximate surface area is 175 Å². The van der Waals surface area contributed by atoms with Crippen LogP contribution in [0.5, 0.6) is 0 Å². The fourth-order valence-corrected chi connectivity index (χ4v) is 5.30. The number of rotatable bonds is 5. The molecule has 0 spiro atoms. The third kappa shape index (κ3) is 3.25. The summed E-state index contributed by atoms with van der Waals surface area (Å²) in [6, 6.07) is 8.18. The van der Waals surface area contributed by atoms with E-state index < -0.39 is 0 Å². The number of carbonyl (C=O) groups is 2. The number of nitrogens with one attached hydrogen (secondary N) is 3. The monoisotopic (exact) mass is 402 g/mol. The van der Waals surface area contributed by atoms with E-state index in [0.717, 1.165) is 53.7 Å². The van der Waals surface area contributed by atoms with Crippen molar-refractivity contribution in [1.82, 2.24) is 15.2 Å². The van der Waals surface area contributed by atoms with Gasteiger partial charge in [0.15, 0.2) is 0 Å². The average molecular weight is 402 g/mol. The number of amides is 2. The first-order chi connectivity index (χ1) is 14.6. The van der Waals surface area contributed by atoms with Crippen LogP contribution in [0.1, 0.15) is 35.2 Å². The van der Waals surface area contributed by atoms with E-state index in [1.807, 2.05) is 24.4 Å². The van der Waals surface area contributed by atoms with E-state index in [2.05, 4.69) is 32.7 Å². The van der Waals surface area contributed by atoms with Crippen LogP contribution in [-0.2, 0) is 22.6 Å². The summed E-state index contributed by atoms with van der Waals surface area (Å²) in [4.78, 5) is 30.4. The lowest BCUT2D eigenvalue weighted by atomic mass is 9.95. The molecule has 0 bridgehead atoms. The van der Waals surface area contributed by atoms with Gasteiger partial charge in [-0.3, -0.25) is 14.5 Å². The van der Waals surface area contributed by atoms with Gasteiger partial charge in [-0.25, -0.2) is 0 Å². The van der Waals surface area contributed by atoms with Crippen LogP contribution in [0, 0.1) is 17.8 Å². The second-order valence-corrected chi connectivity index (χ2v) is 9.28. The molecule has 2 aromatic rings. The Morgan fingerprint density at radius 3 is 2.80 bits per heavy atom. The summed E-state index contributed by atoms with van der Waals surface area (Å²) in [6.45, 7) is 4.15. The largest absolute Gasteiger partial charge is 0.363 e. The normalized spacial score (nSPS) is 28.5. The highest BCUT2D eigenvalue weighted by Crippen LogP contribution is 2.45.